The number of aromatic nitrogens is 4. The molecule has 4 N–H and O–H groups in total. The van der Waals surface area contributed by atoms with E-state index in [-0.39, 0.29) is 48.5 Å². The predicted molar refractivity (Wildman–Crippen MR) is 169 cm³/mol. The van der Waals surface area contributed by atoms with E-state index in [2.05, 4.69) is 22.5 Å². The van der Waals surface area contributed by atoms with Crippen LogP contribution in [0.15, 0.2) is 66.7 Å². The van der Waals surface area contributed by atoms with Crippen molar-refractivity contribution in [2.75, 3.05) is 19.7 Å². The number of carboxylic acid groups (broad SMARTS) is 1. The highest BCUT2D eigenvalue weighted by Crippen LogP contribution is 2.27. The Bertz CT molecular complexity index is 1890. The highest BCUT2D eigenvalue weighted by molar-refractivity contribution is 5.98. The number of hydrogen-bond donors (Lipinski definition) is 4. The number of aryl methyl sites for hydroxylation is 1. The van der Waals surface area contributed by atoms with Crippen molar-refractivity contribution >= 4 is 28.9 Å². The van der Waals surface area contributed by atoms with E-state index >= 15 is 0 Å². The average Bonchev–Trinajstić information content (AvgIpc) is 3.66. The summed E-state index contributed by atoms with van der Waals surface area (Å²) in [4.78, 5) is 50.5. The molecule has 236 valence electrons. The number of aromatic carboxylic acids is 1. The summed E-state index contributed by atoms with van der Waals surface area (Å²) in [6, 6.07) is 18.6. The van der Waals surface area contributed by atoms with Crippen molar-refractivity contribution < 1.29 is 29.0 Å². The van der Waals surface area contributed by atoms with Crippen LogP contribution in [0.1, 0.15) is 72.5 Å². The van der Waals surface area contributed by atoms with Crippen LogP contribution < -0.4 is 15.4 Å². The SMILES string of the molecule is CC(c1nc2c([nH]1)CNCC2)c1nc2ccc(C(=O)NCCOc3ccc(C(=O)OCc4ccccc4)cc3C(=O)O)cc2n1C. The van der Waals surface area contributed by atoms with Crippen LogP contribution in [0.2, 0.25) is 0 Å². The first-order valence-electron chi connectivity index (χ1n) is 15.0. The number of hydrogen-bond acceptors (Lipinski definition) is 8. The lowest BCUT2D eigenvalue weighted by Gasteiger charge is -2.12. The molecule has 3 aromatic carbocycles. The molecule has 0 aliphatic carbocycles. The van der Waals surface area contributed by atoms with Crippen molar-refractivity contribution in [2.45, 2.75) is 32.4 Å². The van der Waals surface area contributed by atoms with E-state index in [9.17, 15) is 19.5 Å². The molecule has 0 saturated carbocycles. The Hall–Kier alpha value is -5.49. The lowest BCUT2D eigenvalue weighted by molar-refractivity contribution is 0.0472. The summed E-state index contributed by atoms with van der Waals surface area (Å²) >= 11 is 0. The maximum Gasteiger partial charge on any atom is 0.339 e. The smallest absolute Gasteiger partial charge is 0.339 e. The number of imidazole rings is 2. The minimum absolute atomic E-state index is 0.0160. The Morgan fingerprint density at radius 1 is 1.04 bits per heavy atom. The molecule has 0 spiro atoms. The molecule has 0 saturated heterocycles. The van der Waals surface area contributed by atoms with Crippen LogP contribution in [-0.2, 0) is 31.4 Å². The predicted octanol–water partition coefficient (Wildman–Crippen LogP) is 3.96. The van der Waals surface area contributed by atoms with Crippen molar-refractivity contribution in [3.05, 3.63) is 112 Å². The average molecular weight is 623 g/mol. The highest BCUT2D eigenvalue weighted by Gasteiger charge is 2.23. The van der Waals surface area contributed by atoms with Gasteiger partial charge in [-0.3, -0.25) is 4.79 Å². The van der Waals surface area contributed by atoms with Crippen LogP contribution in [0.4, 0.5) is 0 Å². The van der Waals surface area contributed by atoms with Crippen LogP contribution in [-0.4, -0.2) is 62.2 Å². The molecule has 46 heavy (non-hydrogen) atoms. The molecule has 2 aromatic heterocycles. The molecule has 1 aliphatic rings. The molecule has 12 heteroatoms. The summed E-state index contributed by atoms with van der Waals surface area (Å²) in [5.74, 6) is -0.482. The van der Waals surface area contributed by atoms with Gasteiger partial charge in [0.05, 0.1) is 40.4 Å². The van der Waals surface area contributed by atoms with Crippen molar-refractivity contribution in [3.63, 3.8) is 0 Å². The van der Waals surface area contributed by atoms with Gasteiger partial charge in [0.15, 0.2) is 0 Å². The number of benzene rings is 3. The number of carboxylic acids is 1. The Morgan fingerprint density at radius 2 is 1.85 bits per heavy atom. The quantitative estimate of drug-likeness (QED) is 0.126. The lowest BCUT2D eigenvalue weighted by Crippen LogP contribution is -2.28. The molecule has 1 amide bonds. The standard InChI is InChI=1S/C34H34N6O6/c1-20(30-37-25-12-13-35-18-27(25)38-30)31-39-26-10-8-22(17-28(26)40(31)2)32(41)36-14-15-45-29-11-9-23(16-24(29)33(42)43)34(44)46-19-21-6-4-3-5-7-21/h3-11,16-17,20,35H,12-15,18-19H2,1-2H3,(H,36,41)(H,37,38)(H,42,43). The molecule has 1 atom stereocenters. The maximum atomic E-state index is 13.0. The van der Waals surface area contributed by atoms with Gasteiger partial charge in [0, 0.05) is 32.1 Å². The van der Waals surface area contributed by atoms with Crippen LogP contribution in [0.3, 0.4) is 0 Å². The fourth-order valence-corrected chi connectivity index (χ4v) is 5.49. The third-order valence-corrected chi connectivity index (χ3v) is 8.00. The van der Waals surface area contributed by atoms with Gasteiger partial charge in [0.25, 0.3) is 5.91 Å². The van der Waals surface area contributed by atoms with Crippen LogP contribution in [0.25, 0.3) is 11.0 Å². The number of amides is 1. The van der Waals surface area contributed by atoms with Crippen LogP contribution >= 0.6 is 0 Å². The van der Waals surface area contributed by atoms with E-state index in [0.717, 1.165) is 59.1 Å². The van der Waals surface area contributed by atoms with Crippen LogP contribution in [0, 0.1) is 0 Å². The normalized spacial score (nSPS) is 13.2. The minimum Gasteiger partial charge on any atom is -0.491 e. The monoisotopic (exact) mass is 622 g/mol. The van der Waals surface area contributed by atoms with Gasteiger partial charge in [-0.1, -0.05) is 30.3 Å². The zero-order chi connectivity index (χ0) is 32.2. The number of rotatable bonds is 11. The molecule has 12 nitrogen and oxygen atoms in total. The number of nitrogens with one attached hydrogen (secondary N) is 3. The Kier molecular flexibility index (Phi) is 8.79. The molecule has 5 aromatic rings. The van der Waals surface area contributed by atoms with E-state index in [0.29, 0.717) is 5.56 Å². The lowest BCUT2D eigenvalue weighted by atomic mass is 10.1. The van der Waals surface area contributed by atoms with E-state index in [1.807, 2.05) is 48.0 Å². The Labute approximate surface area is 264 Å². The summed E-state index contributed by atoms with van der Waals surface area (Å²) in [5, 5.41) is 15.9. The summed E-state index contributed by atoms with van der Waals surface area (Å²) in [6.45, 7) is 3.97. The van der Waals surface area contributed by atoms with Gasteiger partial charge in [0.2, 0.25) is 0 Å². The third-order valence-electron chi connectivity index (χ3n) is 8.00. The van der Waals surface area contributed by atoms with Gasteiger partial charge >= 0.3 is 11.9 Å². The van der Waals surface area contributed by atoms with Gasteiger partial charge < -0.3 is 34.8 Å². The molecule has 0 bridgehead atoms. The number of aromatic amines is 1. The first kappa shape index (κ1) is 30.5. The first-order chi connectivity index (χ1) is 22.3. The van der Waals surface area contributed by atoms with Gasteiger partial charge in [-0.25, -0.2) is 19.6 Å². The van der Waals surface area contributed by atoms with Gasteiger partial charge in [-0.05, 0) is 48.9 Å². The molecule has 3 heterocycles. The fourth-order valence-electron chi connectivity index (χ4n) is 5.49. The second kappa shape index (κ2) is 13.2. The minimum atomic E-state index is -1.25. The third kappa shape index (κ3) is 6.47. The number of carbonyl (C=O) groups excluding carboxylic acids is 2. The second-order valence-corrected chi connectivity index (χ2v) is 11.1. The number of esters is 1. The summed E-state index contributed by atoms with van der Waals surface area (Å²) < 4.78 is 13.0. The summed E-state index contributed by atoms with van der Waals surface area (Å²) in [7, 11) is 1.93. The molecule has 1 aliphatic heterocycles. The van der Waals surface area contributed by atoms with E-state index in [1.165, 1.54) is 18.2 Å². The second-order valence-electron chi connectivity index (χ2n) is 11.1. The zero-order valence-electron chi connectivity index (χ0n) is 25.5. The summed E-state index contributed by atoms with van der Waals surface area (Å²) in [6.07, 6.45) is 0.892. The van der Waals surface area contributed by atoms with Crippen molar-refractivity contribution in [1.29, 1.82) is 0 Å². The van der Waals surface area contributed by atoms with Crippen LogP contribution in [0.5, 0.6) is 5.75 Å². The number of ether oxygens (including phenoxy) is 2. The number of carbonyl (C=O) groups is 3. The highest BCUT2D eigenvalue weighted by atomic mass is 16.5. The van der Waals surface area contributed by atoms with Crippen molar-refractivity contribution in [2.24, 2.45) is 7.05 Å². The first-order valence-corrected chi connectivity index (χ1v) is 15.0. The molecule has 1 unspecified atom stereocenters. The van der Waals surface area contributed by atoms with E-state index < -0.39 is 11.9 Å². The molecule has 6 rings (SSSR count). The number of nitrogens with zero attached hydrogens (tertiary/aromatic N) is 3. The van der Waals surface area contributed by atoms with Gasteiger partial charge in [0.1, 0.15) is 36.2 Å². The number of H-pyrrole nitrogens is 1. The zero-order valence-corrected chi connectivity index (χ0v) is 25.5. The Balaban J connectivity index is 1.06. The Morgan fingerprint density at radius 3 is 2.63 bits per heavy atom. The molecular weight excluding hydrogens is 588 g/mol. The molecular formula is C34H34N6O6. The van der Waals surface area contributed by atoms with Gasteiger partial charge in [-0.15, -0.1) is 0 Å². The van der Waals surface area contributed by atoms with E-state index in [4.69, 9.17) is 19.4 Å². The largest absolute Gasteiger partial charge is 0.491 e. The van der Waals surface area contributed by atoms with E-state index in [1.54, 1.807) is 12.1 Å². The number of fused-ring (bicyclic) bond motifs is 2. The van der Waals surface area contributed by atoms with Crippen molar-refractivity contribution in [1.82, 2.24) is 30.2 Å². The van der Waals surface area contributed by atoms with Crippen molar-refractivity contribution in [3.8, 4) is 5.75 Å². The summed E-state index contributed by atoms with van der Waals surface area (Å²) in [5.41, 5.74) is 4.99. The fraction of sp³-hybridized carbons (Fsp3) is 0.265. The topological polar surface area (TPSA) is 160 Å². The molecule has 0 fully saturated rings. The maximum absolute atomic E-state index is 13.0. The van der Waals surface area contributed by atoms with Gasteiger partial charge in [-0.2, -0.15) is 0 Å². The molecule has 0 radical (unpaired) electrons.